The van der Waals surface area contributed by atoms with Crippen LogP contribution in [-0.4, -0.2) is 34.1 Å². The van der Waals surface area contributed by atoms with Crippen molar-refractivity contribution in [1.29, 1.82) is 0 Å². The molecule has 0 aliphatic carbocycles. The standard InChI is InChI=1S/C3H4O2.2CH3.Mg/c1-2-3(4)5;;;/h2H,1H2,(H,4,5);2*1H3;/q;2*-1;+2. The Morgan fingerprint density at radius 3 is 1.62 bits per heavy atom. The van der Waals surface area contributed by atoms with Crippen LogP contribution in [0.25, 0.3) is 0 Å². The fraction of sp³-hybridized carbons (Fsp3) is 0. The minimum atomic E-state index is -0.981. The van der Waals surface area contributed by atoms with E-state index in [1.165, 1.54) is 0 Å². The predicted octanol–water partition coefficient (Wildman–Crippen LogP) is 0.777. The fourth-order valence-corrected chi connectivity index (χ4v) is 0. The van der Waals surface area contributed by atoms with Crippen LogP contribution >= 0.6 is 0 Å². The Hall–Kier alpha value is -0.0238. The van der Waals surface area contributed by atoms with E-state index in [0.717, 1.165) is 6.08 Å². The van der Waals surface area contributed by atoms with E-state index in [1.807, 2.05) is 0 Å². The van der Waals surface area contributed by atoms with Crippen molar-refractivity contribution in [1.82, 2.24) is 0 Å². The Balaban J connectivity index is -0.0000000267. The predicted molar refractivity (Wildman–Crippen MR) is 36.4 cm³/mol. The van der Waals surface area contributed by atoms with Crippen molar-refractivity contribution >= 4 is 29.0 Å². The molecule has 3 heteroatoms. The summed E-state index contributed by atoms with van der Waals surface area (Å²) < 4.78 is 0. The average Bonchev–Trinajstić information content (AvgIpc) is 1.38. The van der Waals surface area contributed by atoms with Crippen LogP contribution in [0.15, 0.2) is 12.7 Å². The van der Waals surface area contributed by atoms with E-state index in [1.54, 1.807) is 0 Å². The van der Waals surface area contributed by atoms with Crippen LogP contribution in [0.2, 0.25) is 0 Å². The first-order chi connectivity index (χ1) is 2.27. The largest absolute Gasteiger partial charge is 2.00 e. The van der Waals surface area contributed by atoms with Crippen LogP contribution < -0.4 is 0 Å². The summed E-state index contributed by atoms with van der Waals surface area (Å²) in [5, 5.41) is 7.60. The van der Waals surface area contributed by atoms with Gasteiger partial charge in [-0.3, -0.25) is 0 Å². The van der Waals surface area contributed by atoms with Crippen molar-refractivity contribution < 1.29 is 9.90 Å². The van der Waals surface area contributed by atoms with Crippen molar-refractivity contribution in [2.75, 3.05) is 0 Å². The number of aliphatic carboxylic acids is 1. The summed E-state index contributed by atoms with van der Waals surface area (Å²) in [4.78, 5) is 9.25. The zero-order valence-electron chi connectivity index (χ0n) is 5.35. The topological polar surface area (TPSA) is 37.3 Å². The third-order valence-electron chi connectivity index (χ3n) is 0.175. The molecular formula is C5H10MgO2. The summed E-state index contributed by atoms with van der Waals surface area (Å²) in [6, 6.07) is 0. The van der Waals surface area contributed by atoms with Crippen molar-refractivity contribution in [2.45, 2.75) is 0 Å². The van der Waals surface area contributed by atoms with Gasteiger partial charge in [0.1, 0.15) is 0 Å². The molecule has 0 radical (unpaired) electrons. The first kappa shape index (κ1) is 24.6. The molecule has 0 bridgehead atoms. The summed E-state index contributed by atoms with van der Waals surface area (Å²) in [6.45, 7) is 2.96. The monoisotopic (exact) mass is 126 g/mol. The number of hydrogen-bond donors (Lipinski definition) is 1. The minimum absolute atomic E-state index is 0. The molecule has 0 saturated heterocycles. The van der Waals surface area contributed by atoms with Gasteiger partial charge in [0.15, 0.2) is 0 Å². The van der Waals surface area contributed by atoms with Gasteiger partial charge < -0.3 is 20.0 Å². The molecule has 0 saturated carbocycles. The molecule has 0 spiro atoms. The number of hydrogen-bond acceptors (Lipinski definition) is 1. The summed E-state index contributed by atoms with van der Waals surface area (Å²) in [5.74, 6) is -0.981. The van der Waals surface area contributed by atoms with Gasteiger partial charge in [-0.2, -0.15) is 0 Å². The normalized spacial score (nSPS) is 4.00. The van der Waals surface area contributed by atoms with Gasteiger partial charge in [-0.1, -0.05) is 6.58 Å². The van der Waals surface area contributed by atoms with Gasteiger partial charge in [-0.25, -0.2) is 4.79 Å². The van der Waals surface area contributed by atoms with E-state index in [-0.39, 0.29) is 37.9 Å². The zero-order chi connectivity index (χ0) is 4.28. The number of carboxylic acids is 1. The van der Waals surface area contributed by atoms with Crippen LogP contribution in [-0.2, 0) is 4.79 Å². The van der Waals surface area contributed by atoms with E-state index < -0.39 is 5.97 Å². The maximum Gasteiger partial charge on any atom is 2.00 e. The van der Waals surface area contributed by atoms with Crippen molar-refractivity contribution in [2.24, 2.45) is 0 Å². The average molecular weight is 126 g/mol. The molecule has 2 nitrogen and oxygen atoms in total. The van der Waals surface area contributed by atoms with Gasteiger partial charge in [0.2, 0.25) is 0 Å². The molecule has 0 aliphatic rings. The van der Waals surface area contributed by atoms with Gasteiger partial charge in [-0.15, -0.1) is 0 Å². The molecule has 0 heterocycles. The Morgan fingerprint density at radius 1 is 1.50 bits per heavy atom. The molecule has 0 amide bonds. The maximum absolute atomic E-state index is 9.25. The summed E-state index contributed by atoms with van der Waals surface area (Å²) in [5.41, 5.74) is 0. The van der Waals surface area contributed by atoms with Crippen molar-refractivity contribution in [3.05, 3.63) is 27.5 Å². The molecule has 0 aromatic rings. The van der Waals surface area contributed by atoms with Crippen LogP contribution in [0.5, 0.6) is 0 Å². The molecule has 0 unspecified atom stereocenters. The summed E-state index contributed by atoms with van der Waals surface area (Å²) >= 11 is 0. The molecule has 1 N–H and O–H groups in total. The van der Waals surface area contributed by atoms with E-state index in [9.17, 15) is 4.79 Å². The van der Waals surface area contributed by atoms with Crippen molar-refractivity contribution in [3.63, 3.8) is 0 Å². The first-order valence-electron chi connectivity index (χ1n) is 1.12. The molecule has 0 aromatic carbocycles. The van der Waals surface area contributed by atoms with Crippen LogP contribution in [0.4, 0.5) is 0 Å². The zero-order valence-corrected chi connectivity index (χ0v) is 6.76. The van der Waals surface area contributed by atoms with Crippen LogP contribution in [0.1, 0.15) is 0 Å². The summed E-state index contributed by atoms with van der Waals surface area (Å²) in [7, 11) is 0. The molecule has 8 heavy (non-hydrogen) atoms. The number of rotatable bonds is 1. The van der Waals surface area contributed by atoms with E-state index in [0.29, 0.717) is 0 Å². The van der Waals surface area contributed by atoms with Crippen LogP contribution in [0.3, 0.4) is 0 Å². The molecule has 0 fully saturated rings. The molecule has 0 aromatic heterocycles. The SMILES string of the molecule is C=CC(=O)O.[CH3-].[CH3-].[Mg+2]. The van der Waals surface area contributed by atoms with E-state index >= 15 is 0 Å². The maximum atomic E-state index is 9.25. The Bertz CT molecular complexity index is 61.4. The quantitative estimate of drug-likeness (QED) is 0.320. The second-order valence-electron chi connectivity index (χ2n) is 0.542. The van der Waals surface area contributed by atoms with Gasteiger partial charge in [0.25, 0.3) is 0 Å². The number of carbonyl (C=O) groups is 1. The third-order valence-corrected chi connectivity index (χ3v) is 0.175. The van der Waals surface area contributed by atoms with Crippen molar-refractivity contribution in [3.8, 4) is 0 Å². The molecule has 0 aliphatic heterocycles. The Morgan fingerprint density at radius 2 is 1.62 bits per heavy atom. The van der Waals surface area contributed by atoms with Gasteiger partial charge in [-0.05, 0) is 0 Å². The van der Waals surface area contributed by atoms with E-state index in [2.05, 4.69) is 6.58 Å². The molecular weight excluding hydrogens is 116 g/mol. The molecule has 0 atom stereocenters. The second kappa shape index (κ2) is 15.8. The van der Waals surface area contributed by atoms with Crippen LogP contribution in [0, 0.1) is 14.9 Å². The first-order valence-corrected chi connectivity index (χ1v) is 1.12. The van der Waals surface area contributed by atoms with Gasteiger partial charge in [0.05, 0.1) is 0 Å². The van der Waals surface area contributed by atoms with E-state index in [4.69, 9.17) is 5.11 Å². The fourth-order valence-electron chi connectivity index (χ4n) is 0. The number of carboxylic acid groups (broad SMARTS) is 1. The molecule has 44 valence electrons. The Kier molecular flexibility index (Phi) is 48.4. The summed E-state index contributed by atoms with van der Waals surface area (Å²) in [6.07, 6.45) is 0.833. The second-order valence-corrected chi connectivity index (χ2v) is 0.542. The Labute approximate surface area is 66.7 Å². The van der Waals surface area contributed by atoms with Gasteiger partial charge in [0, 0.05) is 6.08 Å². The minimum Gasteiger partial charge on any atom is -0.478 e. The smallest absolute Gasteiger partial charge is 0.478 e. The van der Waals surface area contributed by atoms with Gasteiger partial charge >= 0.3 is 29.0 Å². The third kappa shape index (κ3) is 37.9. The molecule has 0 rings (SSSR count).